The summed E-state index contributed by atoms with van der Waals surface area (Å²) >= 11 is 1.73. The third-order valence-corrected chi connectivity index (χ3v) is 6.97. The average Bonchev–Trinajstić information content (AvgIpc) is 3.26. The fourth-order valence-corrected chi connectivity index (χ4v) is 4.90. The molecule has 0 bridgehead atoms. The van der Waals surface area contributed by atoms with E-state index in [1.54, 1.807) is 17.7 Å². The van der Waals surface area contributed by atoms with Crippen LogP contribution in [0.5, 0.6) is 0 Å². The topological polar surface area (TPSA) is 66.4 Å². The molecule has 2 aromatic heterocycles. The van der Waals surface area contributed by atoms with Crippen LogP contribution in [0.2, 0.25) is 0 Å². The van der Waals surface area contributed by atoms with Crippen molar-refractivity contribution in [1.29, 1.82) is 0 Å². The van der Waals surface area contributed by atoms with Crippen molar-refractivity contribution in [3.05, 3.63) is 53.2 Å². The van der Waals surface area contributed by atoms with E-state index in [2.05, 4.69) is 27.9 Å². The number of amides is 1. The Hall–Kier alpha value is -2.80. The predicted molar refractivity (Wildman–Crippen MR) is 125 cm³/mol. The van der Waals surface area contributed by atoms with Crippen LogP contribution in [0, 0.1) is 0 Å². The van der Waals surface area contributed by atoms with Crippen LogP contribution >= 0.6 is 11.3 Å². The van der Waals surface area contributed by atoms with Gasteiger partial charge in [-0.15, -0.1) is 11.3 Å². The molecule has 6 nitrogen and oxygen atoms in total. The van der Waals surface area contributed by atoms with E-state index in [9.17, 15) is 9.59 Å². The highest BCUT2D eigenvalue weighted by atomic mass is 32.1. The first kappa shape index (κ1) is 21.4. The summed E-state index contributed by atoms with van der Waals surface area (Å²) < 4.78 is 0. The Morgan fingerprint density at radius 1 is 1.00 bits per heavy atom. The maximum absolute atomic E-state index is 12.6. The van der Waals surface area contributed by atoms with Gasteiger partial charge in [0.2, 0.25) is 5.91 Å². The third kappa shape index (κ3) is 5.10. The normalized spacial score (nSPS) is 14.2. The largest absolute Gasteiger partial charge is 0.352 e. The number of anilines is 1. The van der Waals surface area contributed by atoms with Crippen LogP contribution in [0.1, 0.15) is 47.8 Å². The van der Waals surface area contributed by atoms with Gasteiger partial charge in [0, 0.05) is 49.5 Å². The molecule has 1 saturated heterocycles. The second-order valence-corrected chi connectivity index (χ2v) is 8.96. The standard InChI is InChI=1S/C24H28N4O2S/c1-2-19-16-20-23(25-17-26-24(20)31-19)28-14-12-27(13-15-28)22(30)11-7-6-10-21(29)18-8-4-3-5-9-18/h3-5,8-9,16-17H,2,6-7,10-15H2,1H3. The molecule has 0 N–H and O–H groups in total. The fourth-order valence-electron chi connectivity index (χ4n) is 3.98. The number of piperazine rings is 1. The number of aromatic nitrogens is 2. The fraction of sp³-hybridized carbons (Fsp3) is 0.417. The van der Waals surface area contributed by atoms with Crippen molar-refractivity contribution in [2.75, 3.05) is 31.1 Å². The average molecular weight is 437 g/mol. The van der Waals surface area contributed by atoms with E-state index in [4.69, 9.17) is 0 Å². The number of aryl methyl sites for hydroxylation is 1. The number of unbranched alkanes of at least 4 members (excludes halogenated alkanes) is 1. The van der Waals surface area contributed by atoms with E-state index in [1.807, 2.05) is 35.2 Å². The smallest absolute Gasteiger partial charge is 0.222 e. The highest BCUT2D eigenvalue weighted by Crippen LogP contribution is 2.31. The maximum atomic E-state index is 12.6. The zero-order valence-corrected chi connectivity index (χ0v) is 18.7. The summed E-state index contributed by atoms with van der Waals surface area (Å²) in [6.45, 7) is 5.12. The predicted octanol–water partition coefficient (Wildman–Crippen LogP) is 4.35. The van der Waals surface area contributed by atoms with Gasteiger partial charge in [0.15, 0.2) is 5.78 Å². The minimum atomic E-state index is 0.150. The van der Waals surface area contributed by atoms with E-state index in [1.165, 1.54) is 4.88 Å². The first-order valence-corrected chi connectivity index (χ1v) is 11.8. The zero-order chi connectivity index (χ0) is 21.6. The molecule has 1 amide bonds. The van der Waals surface area contributed by atoms with Gasteiger partial charge >= 0.3 is 0 Å². The Morgan fingerprint density at radius 2 is 1.74 bits per heavy atom. The monoisotopic (exact) mass is 436 g/mol. The number of Topliss-reactive ketones (excluding diaryl/α,β-unsaturated/α-hetero) is 1. The molecule has 0 spiro atoms. The number of fused-ring (bicyclic) bond motifs is 1. The highest BCUT2D eigenvalue weighted by molar-refractivity contribution is 7.18. The molecule has 1 fully saturated rings. The van der Waals surface area contributed by atoms with Crippen LogP contribution < -0.4 is 4.90 Å². The van der Waals surface area contributed by atoms with Gasteiger partial charge < -0.3 is 9.80 Å². The Bertz CT molecular complexity index is 1040. The number of carbonyl (C=O) groups is 2. The van der Waals surface area contributed by atoms with E-state index < -0.39 is 0 Å². The lowest BCUT2D eigenvalue weighted by Crippen LogP contribution is -2.49. The van der Waals surface area contributed by atoms with Crippen molar-refractivity contribution < 1.29 is 9.59 Å². The number of ketones is 1. The molecular formula is C24H28N4O2S. The molecule has 0 saturated carbocycles. The van der Waals surface area contributed by atoms with Crippen molar-refractivity contribution in [1.82, 2.24) is 14.9 Å². The lowest BCUT2D eigenvalue weighted by atomic mass is 10.0. The molecule has 1 aliphatic rings. The number of nitrogens with zero attached hydrogens (tertiary/aromatic N) is 4. The SMILES string of the molecule is CCc1cc2c(N3CCN(C(=O)CCCCC(=O)c4ccccc4)CC3)ncnc2s1. The van der Waals surface area contributed by atoms with Crippen LogP contribution in [-0.4, -0.2) is 52.7 Å². The molecule has 0 unspecified atom stereocenters. The van der Waals surface area contributed by atoms with Crippen molar-refractivity contribution in [3.8, 4) is 0 Å². The second-order valence-electron chi connectivity index (χ2n) is 7.85. The van der Waals surface area contributed by atoms with Gasteiger partial charge in [-0.05, 0) is 25.3 Å². The number of carbonyl (C=O) groups excluding carboxylic acids is 2. The van der Waals surface area contributed by atoms with E-state index in [-0.39, 0.29) is 11.7 Å². The number of thiophene rings is 1. The summed E-state index contributed by atoms with van der Waals surface area (Å²) in [4.78, 5) is 40.3. The summed E-state index contributed by atoms with van der Waals surface area (Å²) in [6.07, 6.45) is 5.13. The summed E-state index contributed by atoms with van der Waals surface area (Å²) in [5.41, 5.74) is 0.750. The van der Waals surface area contributed by atoms with Crippen molar-refractivity contribution in [2.45, 2.75) is 39.0 Å². The number of hydrogen-bond acceptors (Lipinski definition) is 6. The molecule has 0 radical (unpaired) electrons. The molecule has 3 heterocycles. The lowest BCUT2D eigenvalue weighted by molar-refractivity contribution is -0.131. The zero-order valence-electron chi connectivity index (χ0n) is 17.9. The molecule has 3 aromatic rings. The molecule has 4 rings (SSSR count). The Balaban J connectivity index is 1.24. The minimum Gasteiger partial charge on any atom is -0.352 e. The molecule has 0 atom stereocenters. The van der Waals surface area contributed by atoms with Crippen molar-refractivity contribution >= 4 is 39.1 Å². The molecular weight excluding hydrogens is 408 g/mol. The summed E-state index contributed by atoms with van der Waals surface area (Å²) in [7, 11) is 0. The van der Waals surface area contributed by atoms with Crippen molar-refractivity contribution in [2.24, 2.45) is 0 Å². The molecule has 162 valence electrons. The number of hydrogen-bond donors (Lipinski definition) is 0. The van der Waals surface area contributed by atoms with Gasteiger partial charge in [-0.3, -0.25) is 9.59 Å². The highest BCUT2D eigenvalue weighted by Gasteiger charge is 2.23. The van der Waals surface area contributed by atoms with Crippen molar-refractivity contribution in [3.63, 3.8) is 0 Å². The maximum Gasteiger partial charge on any atom is 0.222 e. The molecule has 0 aliphatic carbocycles. The summed E-state index contributed by atoms with van der Waals surface area (Å²) in [5, 5.41) is 1.12. The van der Waals surface area contributed by atoms with Crippen LogP contribution in [-0.2, 0) is 11.2 Å². The summed E-state index contributed by atoms with van der Waals surface area (Å²) in [6, 6.07) is 11.6. The van der Waals surface area contributed by atoms with Crippen LogP contribution in [0.3, 0.4) is 0 Å². The molecule has 1 aliphatic heterocycles. The number of benzene rings is 1. The Morgan fingerprint density at radius 3 is 2.48 bits per heavy atom. The quantitative estimate of drug-likeness (QED) is 0.388. The van der Waals surface area contributed by atoms with Crippen LogP contribution in [0.15, 0.2) is 42.7 Å². The minimum absolute atomic E-state index is 0.150. The summed E-state index contributed by atoms with van der Waals surface area (Å²) in [5.74, 6) is 1.31. The van der Waals surface area contributed by atoms with Gasteiger partial charge in [0.25, 0.3) is 0 Å². The van der Waals surface area contributed by atoms with Gasteiger partial charge in [-0.25, -0.2) is 9.97 Å². The molecule has 1 aromatic carbocycles. The van der Waals surface area contributed by atoms with Crippen LogP contribution in [0.4, 0.5) is 5.82 Å². The van der Waals surface area contributed by atoms with Gasteiger partial charge in [-0.2, -0.15) is 0 Å². The van der Waals surface area contributed by atoms with Gasteiger partial charge in [-0.1, -0.05) is 37.3 Å². The Labute approximate surface area is 186 Å². The lowest BCUT2D eigenvalue weighted by Gasteiger charge is -2.35. The first-order chi connectivity index (χ1) is 15.2. The first-order valence-electron chi connectivity index (χ1n) is 11.0. The van der Waals surface area contributed by atoms with Gasteiger partial charge in [0.05, 0.1) is 5.39 Å². The number of rotatable bonds is 8. The van der Waals surface area contributed by atoms with E-state index in [0.29, 0.717) is 25.9 Å². The molecule has 31 heavy (non-hydrogen) atoms. The Kier molecular flexibility index (Phi) is 6.92. The van der Waals surface area contributed by atoms with Crippen LogP contribution in [0.25, 0.3) is 10.2 Å². The molecule has 7 heteroatoms. The van der Waals surface area contributed by atoms with Gasteiger partial charge in [0.1, 0.15) is 17.0 Å². The van der Waals surface area contributed by atoms with E-state index in [0.717, 1.165) is 53.9 Å². The third-order valence-electron chi connectivity index (χ3n) is 5.78. The second kappa shape index (κ2) is 10.0. The van der Waals surface area contributed by atoms with E-state index >= 15 is 0 Å².